The second kappa shape index (κ2) is 6.84. The highest BCUT2D eigenvalue weighted by atomic mass is 32.2. The van der Waals surface area contributed by atoms with Gasteiger partial charge in [-0.15, -0.1) is 0 Å². The minimum absolute atomic E-state index is 0.503. The average molecular weight is 306 g/mol. The van der Waals surface area contributed by atoms with Crippen molar-refractivity contribution in [1.82, 2.24) is 0 Å². The molecule has 108 valence electrons. The van der Waals surface area contributed by atoms with Crippen LogP contribution in [-0.2, 0) is 0 Å². The van der Waals surface area contributed by atoms with Crippen LogP contribution in [0.15, 0.2) is 88.7 Å². The van der Waals surface area contributed by atoms with Crippen LogP contribution < -0.4 is 5.46 Å². The highest BCUT2D eigenvalue weighted by Gasteiger charge is 2.09. The van der Waals surface area contributed by atoms with Crippen LogP contribution in [0.2, 0.25) is 0 Å². The van der Waals surface area contributed by atoms with Crippen molar-refractivity contribution in [3.8, 4) is 11.1 Å². The van der Waals surface area contributed by atoms with Crippen LogP contribution in [0, 0.1) is 0 Å². The number of hydrogen-bond acceptors (Lipinski definition) is 3. The summed E-state index contributed by atoms with van der Waals surface area (Å²) in [5, 5.41) is 18.2. The third kappa shape index (κ3) is 3.60. The van der Waals surface area contributed by atoms with Gasteiger partial charge in [-0.2, -0.15) is 0 Å². The summed E-state index contributed by atoms with van der Waals surface area (Å²) in [4.78, 5) is 2.22. The second-order valence-electron chi connectivity index (χ2n) is 4.94. The molecule has 0 saturated heterocycles. The van der Waals surface area contributed by atoms with E-state index in [-0.39, 0.29) is 0 Å². The predicted molar refractivity (Wildman–Crippen MR) is 92.3 cm³/mol. The largest absolute Gasteiger partial charge is 0.488 e. The third-order valence-corrected chi connectivity index (χ3v) is 4.39. The Balaban J connectivity index is 1.73. The molecule has 22 heavy (non-hydrogen) atoms. The SMILES string of the molecule is OB(O)c1ccc(Sc2ccc(-c3ccccc3)cc2)cc1. The first kappa shape index (κ1) is 14.9. The van der Waals surface area contributed by atoms with Gasteiger partial charge in [0, 0.05) is 9.79 Å². The maximum atomic E-state index is 9.09. The lowest BCUT2D eigenvalue weighted by atomic mass is 9.81. The van der Waals surface area contributed by atoms with Gasteiger partial charge >= 0.3 is 7.12 Å². The lowest BCUT2D eigenvalue weighted by Gasteiger charge is -2.05. The van der Waals surface area contributed by atoms with Gasteiger partial charge in [-0.05, 0) is 40.9 Å². The molecule has 0 unspecified atom stereocenters. The molecule has 3 aromatic rings. The van der Waals surface area contributed by atoms with E-state index in [1.54, 1.807) is 23.9 Å². The zero-order chi connectivity index (χ0) is 15.4. The second-order valence-corrected chi connectivity index (χ2v) is 6.08. The molecule has 0 amide bonds. The molecule has 0 saturated carbocycles. The minimum Gasteiger partial charge on any atom is -0.423 e. The molecule has 0 aliphatic carbocycles. The first-order valence-corrected chi connectivity index (χ1v) is 7.83. The normalized spacial score (nSPS) is 10.5. The smallest absolute Gasteiger partial charge is 0.423 e. The summed E-state index contributed by atoms with van der Waals surface area (Å²) in [6.07, 6.45) is 0. The zero-order valence-electron chi connectivity index (χ0n) is 11.9. The fraction of sp³-hybridized carbons (Fsp3) is 0. The molecule has 0 fully saturated rings. The van der Waals surface area contributed by atoms with Crippen LogP contribution in [0.1, 0.15) is 0 Å². The summed E-state index contributed by atoms with van der Waals surface area (Å²) in [6.45, 7) is 0. The van der Waals surface area contributed by atoms with Crippen molar-refractivity contribution < 1.29 is 10.0 Å². The van der Waals surface area contributed by atoms with Crippen LogP contribution in [0.25, 0.3) is 11.1 Å². The fourth-order valence-electron chi connectivity index (χ4n) is 2.19. The molecular formula is C18H15BO2S. The van der Waals surface area contributed by atoms with Crippen LogP contribution in [0.4, 0.5) is 0 Å². The van der Waals surface area contributed by atoms with Gasteiger partial charge in [0.2, 0.25) is 0 Å². The quantitative estimate of drug-likeness (QED) is 0.727. The first-order chi connectivity index (χ1) is 10.7. The van der Waals surface area contributed by atoms with Crippen LogP contribution >= 0.6 is 11.8 Å². The molecule has 0 aliphatic heterocycles. The van der Waals surface area contributed by atoms with E-state index in [0.717, 1.165) is 9.79 Å². The van der Waals surface area contributed by atoms with Gasteiger partial charge in [-0.3, -0.25) is 0 Å². The molecule has 0 spiro atoms. The van der Waals surface area contributed by atoms with E-state index in [1.807, 2.05) is 30.3 Å². The summed E-state index contributed by atoms with van der Waals surface area (Å²) in [5.41, 5.74) is 2.91. The standard InChI is InChI=1S/C18H15BO2S/c20-19(21)16-8-12-18(13-9-16)22-17-10-6-15(7-11-17)14-4-2-1-3-5-14/h1-13,20-21H. The van der Waals surface area contributed by atoms with E-state index >= 15 is 0 Å². The molecule has 0 aliphatic rings. The Morgan fingerprint density at radius 1 is 0.591 bits per heavy atom. The Hall–Kier alpha value is -2.01. The number of benzene rings is 3. The van der Waals surface area contributed by atoms with Gasteiger partial charge in [-0.1, -0.05) is 66.4 Å². The highest BCUT2D eigenvalue weighted by molar-refractivity contribution is 7.99. The van der Waals surface area contributed by atoms with Crippen molar-refractivity contribution >= 4 is 24.3 Å². The van der Waals surface area contributed by atoms with Gasteiger partial charge in [-0.25, -0.2) is 0 Å². The Bertz CT molecular complexity index is 725. The van der Waals surface area contributed by atoms with E-state index in [4.69, 9.17) is 10.0 Å². The molecule has 0 heterocycles. The van der Waals surface area contributed by atoms with Gasteiger partial charge < -0.3 is 10.0 Å². The topological polar surface area (TPSA) is 40.5 Å². The Labute approximate surface area is 134 Å². The Kier molecular flexibility index (Phi) is 4.63. The molecular weight excluding hydrogens is 291 g/mol. The average Bonchev–Trinajstić information content (AvgIpc) is 2.57. The summed E-state index contributed by atoms with van der Waals surface area (Å²) >= 11 is 1.65. The van der Waals surface area contributed by atoms with E-state index in [2.05, 4.69) is 36.4 Å². The molecule has 0 aromatic heterocycles. The van der Waals surface area contributed by atoms with Crippen LogP contribution in [0.3, 0.4) is 0 Å². The molecule has 4 heteroatoms. The summed E-state index contributed by atoms with van der Waals surface area (Å²) in [7, 11) is -1.41. The van der Waals surface area contributed by atoms with Crippen molar-refractivity contribution in [2.75, 3.05) is 0 Å². The molecule has 3 aromatic carbocycles. The van der Waals surface area contributed by atoms with Gasteiger partial charge in [0.15, 0.2) is 0 Å². The summed E-state index contributed by atoms with van der Waals surface area (Å²) < 4.78 is 0. The summed E-state index contributed by atoms with van der Waals surface area (Å²) in [5.74, 6) is 0. The monoisotopic (exact) mass is 306 g/mol. The van der Waals surface area contributed by atoms with Crippen molar-refractivity contribution in [3.63, 3.8) is 0 Å². The van der Waals surface area contributed by atoms with Gasteiger partial charge in [0.05, 0.1) is 0 Å². The predicted octanol–water partition coefficient (Wildman–Crippen LogP) is 3.18. The fourth-order valence-corrected chi connectivity index (χ4v) is 3.01. The number of hydrogen-bond donors (Lipinski definition) is 2. The van der Waals surface area contributed by atoms with Crippen molar-refractivity contribution in [3.05, 3.63) is 78.9 Å². The minimum atomic E-state index is -1.41. The van der Waals surface area contributed by atoms with E-state index in [1.165, 1.54) is 11.1 Å². The van der Waals surface area contributed by atoms with Crippen molar-refractivity contribution in [2.24, 2.45) is 0 Å². The van der Waals surface area contributed by atoms with Crippen molar-refractivity contribution in [2.45, 2.75) is 9.79 Å². The lowest BCUT2D eigenvalue weighted by molar-refractivity contribution is 0.426. The molecule has 3 rings (SSSR count). The zero-order valence-corrected chi connectivity index (χ0v) is 12.7. The molecule has 0 bridgehead atoms. The van der Waals surface area contributed by atoms with Crippen molar-refractivity contribution in [1.29, 1.82) is 0 Å². The lowest BCUT2D eigenvalue weighted by Crippen LogP contribution is -2.29. The Morgan fingerprint density at radius 2 is 1.09 bits per heavy atom. The van der Waals surface area contributed by atoms with Gasteiger partial charge in [0.1, 0.15) is 0 Å². The number of rotatable bonds is 4. The van der Waals surface area contributed by atoms with E-state index in [9.17, 15) is 0 Å². The Morgan fingerprint density at radius 3 is 1.64 bits per heavy atom. The highest BCUT2D eigenvalue weighted by Crippen LogP contribution is 2.29. The summed E-state index contributed by atoms with van der Waals surface area (Å²) in [6, 6.07) is 26.0. The molecule has 0 atom stereocenters. The maximum absolute atomic E-state index is 9.09. The molecule has 2 N–H and O–H groups in total. The van der Waals surface area contributed by atoms with E-state index in [0.29, 0.717) is 5.46 Å². The van der Waals surface area contributed by atoms with Gasteiger partial charge in [0.25, 0.3) is 0 Å². The molecule has 2 nitrogen and oxygen atoms in total. The van der Waals surface area contributed by atoms with Crippen LogP contribution in [-0.4, -0.2) is 17.2 Å². The maximum Gasteiger partial charge on any atom is 0.488 e. The molecule has 0 radical (unpaired) electrons. The first-order valence-electron chi connectivity index (χ1n) is 7.02. The van der Waals surface area contributed by atoms with Crippen LogP contribution in [0.5, 0.6) is 0 Å². The third-order valence-electron chi connectivity index (χ3n) is 3.38. The van der Waals surface area contributed by atoms with E-state index < -0.39 is 7.12 Å².